The standard InChI is InChI=1S/C21H36N6/c1-5-9-11-17-19-13-21(15-26(19)22-24(17)7-3)14-20-18(12-10-6-2)25(8-4)23-27(20)16-21/h5-16H2,1-4H3/q+2. The average Bonchev–Trinajstić information content (AvgIpc) is 3.36. The molecule has 0 aromatic carbocycles. The predicted octanol–water partition coefficient (Wildman–Crippen LogP) is 2.18. The van der Waals surface area contributed by atoms with Gasteiger partial charge in [0.25, 0.3) is 0 Å². The number of fused-ring (bicyclic) bond motifs is 2. The molecule has 2 aliphatic rings. The Morgan fingerprint density at radius 3 is 1.59 bits per heavy atom. The van der Waals surface area contributed by atoms with Crippen molar-refractivity contribution in [3.05, 3.63) is 22.8 Å². The van der Waals surface area contributed by atoms with Gasteiger partial charge in [-0.3, -0.25) is 0 Å². The van der Waals surface area contributed by atoms with Crippen LogP contribution in [0.2, 0.25) is 0 Å². The van der Waals surface area contributed by atoms with E-state index in [4.69, 9.17) is 10.4 Å². The van der Waals surface area contributed by atoms with E-state index in [1.54, 1.807) is 0 Å². The molecule has 2 aromatic heterocycles. The smallest absolute Gasteiger partial charge is 0.134 e. The first-order valence-corrected chi connectivity index (χ1v) is 11.1. The second-order valence-electron chi connectivity index (χ2n) is 8.57. The van der Waals surface area contributed by atoms with Crippen LogP contribution in [0.4, 0.5) is 0 Å². The van der Waals surface area contributed by atoms with E-state index < -0.39 is 0 Å². The first-order chi connectivity index (χ1) is 13.1. The third-order valence-corrected chi connectivity index (χ3v) is 6.53. The quantitative estimate of drug-likeness (QED) is 0.667. The molecule has 4 rings (SSSR count). The minimum Gasteiger partial charge on any atom is -0.134 e. The zero-order chi connectivity index (χ0) is 19.0. The van der Waals surface area contributed by atoms with Crippen molar-refractivity contribution in [3.8, 4) is 0 Å². The monoisotopic (exact) mass is 372 g/mol. The molecule has 0 atom stereocenters. The first-order valence-electron chi connectivity index (χ1n) is 11.1. The molecular weight excluding hydrogens is 336 g/mol. The molecule has 6 heteroatoms. The average molecular weight is 373 g/mol. The van der Waals surface area contributed by atoms with E-state index in [0.29, 0.717) is 5.41 Å². The Hall–Kier alpha value is -1.72. The van der Waals surface area contributed by atoms with Crippen LogP contribution >= 0.6 is 0 Å². The SMILES string of the molecule is CCCCc1c2n(n[n+]1CC)CC1(C2)Cc2c(CCCC)[n+](CC)nn2C1. The number of aromatic nitrogens is 6. The van der Waals surface area contributed by atoms with Crippen LogP contribution in [0.1, 0.15) is 76.2 Å². The topological polar surface area (TPSA) is 43.4 Å². The Balaban J connectivity index is 1.59. The van der Waals surface area contributed by atoms with Gasteiger partial charge in [0.15, 0.2) is 22.8 Å². The lowest BCUT2D eigenvalue weighted by Gasteiger charge is -2.15. The maximum Gasteiger partial charge on any atom is 0.171 e. The Kier molecular flexibility index (Phi) is 5.08. The summed E-state index contributed by atoms with van der Waals surface area (Å²) in [4.78, 5) is 0. The van der Waals surface area contributed by atoms with Gasteiger partial charge in [-0.2, -0.15) is 0 Å². The fourth-order valence-corrected chi connectivity index (χ4v) is 5.14. The minimum absolute atomic E-state index is 0.298. The van der Waals surface area contributed by atoms with Gasteiger partial charge in [-0.1, -0.05) is 26.7 Å². The molecule has 0 amide bonds. The predicted molar refractivity (Wildman–Crippen MR) is 103 cm³/mol. The lowest BCUT2D eigenvalue weighted by molar-refractivity contribution is -0.759. The number of unbranched alkanes of at least 4 members (excludes halogenated alkanes) is 2. The third-order valence-electron chi connectivity index (χ3n) is 6.53. The molecule has 6 nitrogen and oxygen atoms in total. The molecule has 148 valence electrons. The fourth-order valence-electron chi connectivity index (χ4n) is 5.14. The lowest BCUT2D eigenvalue weighted by atomic mass is 9.83. The summed E-state index contributed by atoms with van der Waals surface area (Å²) in [5.41, 5.74) is 6.25. The molecule has 0 saturated heterocycles. The number of aryl methyl sites for hydroxylation is 2. The minimum atomic E-state index is 0.298. The van der Waals surface area contributed by atoms with E-state index in [1.165, 1.54) is 48.5 Å². The summed E-state index contributed by atoms with van der Waals surface area (Å²) < 4.78 is 9.12. The molecule has 4 heterocycles. The largest absolute Gasteiger partial charge is 0.171 e. The van der Waals surface area contributed by atoms with Crippen LogP contribution in [0, 0.1) is 5.41 Å². The number of nitrogens with zero attached hydrogens (tertiary/aromatic N) is 6. The Bertz CT molecular complexity index is 747. The molecule has 2 aromatic rings. The molecule has 27 heavy (non-hydrogen) atoms. The summed E-state index contributed by atoms with van der Waals surface area (Å²) in [7, 11) is 0. The van der Waals surface area contributed by atoms with Crippen LogP contribution in [0.5, 0.6) is 0 Å². The number of hydrogen-bond acceptors (Lipinski definition) is 2. The molecule has 0 bridgehead atoms. The summed E-state index contributed by atoms with van der Waals surface area (Å²) in [5.74, 6) is 0. The molecule has 1 spiro atoms. The van der Waals surface area contributed by atoms with Crippen molar-refractivity contribution >= 4 is 0 Å². The van der Waals surface area contributed by atoms with Crippen molar-refractivity contribution in [3.63, 3.8) is 0 Å². The van der Waals surface area contributed by atoms with Gasteiger partial charge >= 0.3 is 0 Å². The van der Waals surface area contributed by atoms with Gasteiger partial charge in [0.05, 0.1) is 15.8 Å². The second kappa shape index (κ2) is 7.36. The van der Waals surface area contributed by atoms with Gasteiger partial charge in [0, 0.05) is 25.7 Å². The zero-order valence-corrected chi connectivity index (χ0v) is 17.7. The van der Waals surface area contributed by atoms with Crippen LogP contribution in [0.3, 0.4) is 0 Å². The van der Waals surface area contributed by atoms with Gasteiger partial charge < -0.3 is 0 Å². The summed E-state index contributed by atoms with van der Waals surface area (Å²) in [6, 6.07) is 0. The summed E-state index contributed by atoms with van der Waals surface area (Å²) in [6.07, 6.45) is 9.65. The lowest BCUT2D eigenvalue weighted by Crippen LogP contribution is -2.42. The van der Waals surface area contributed by atoms with Crippen molar-refractivity contribution in [2.45, 2.75) is 105 Å². The molecular formula is C21H36N6+2. The van der Waals surface area contributed by atoms with Crippen LogP contribution in [-0.4, -0.2) is 19.8 Å². The zero-order valence-electron chi connectivity index (χ0n) is 17.7. The third kappa shape index (κ3) is 3.11. The highest BCUT2D eigenvalue weighted by molar-refractivity contribution is 5.21. The maximum absolute atomic E-state index is 4.93. The van der Waals surface area contributed by atoms with Crippen molar-refractivity contribution < 1.29 is 9.36 Å². The summed E-state index contributed by atoms with van der Waals surface area (Å²) in [6.45, 7) is 13.0. The fraction of sp³-hybridized carbons (Fsp3) is 0.810. The molecule has 2 aliphatic heterocycles. The normalized spacial score (nSPS) is 17.0. The Morgan fingerprint density at radius 1 is 0.778 bits per heavy atom. The van der Waals surface area contributed by atoms with Crippen LogP contribution in [-0.2, 0) is 51.9 Å². The highest BCUT2D eigenvalue weighted by Crippen LogP contribution is 2.42. The molecule has 0 aliphatic carbocycles. The van der Waals surface area contributed by atoms with Crippen molar-refractivity contribution in [1.29, 1.82) is 0 Å². The van der Waals surface area contributed by atoms with Crippen LogP contribution < -0.4 is 9.36 Å². The van der Waals surface area contributed by atoms with Gasteiger partial charge in [-0.25, -0.2) is 0 Å². The van der Waals surface area contributed by atoms with E-state index in [-0.39, 0.29) is 0 Å². The Labute approximate surface area is 163 Å². The van der Waals surface area contributed by atoms with Crippen molar-refractivity contribution in [2.24, 2.45) is 5.41 Å². The van der Waals surface area contributed by atoms with Gasteiger partial charge in [-0.15, -0.1) is 18.7 Å². The number of rotatable bonds is 8. The van der Waals surface area contributed by atoms with Crippen LogP contribution in [0.25, 0.3) is 0 Å². The highest BCUT2D eigenvalue weighted by atomic mass is 15.5. The van der Waals surface area contributed by atoms with Crippen molar-refractivity contribution in [2.75, 3.05) is 0 Å². The van der Waals surface area contributed by atoms with E-state index in [0.717, 1.165) is 51.9 Å². The van der Waals surface area contributed by atoms with E-state index in [1.807, 2.05) is 0 Å². The Morgan fingerprint density at radius 2 is 1.22 bits per heavy atom. The summed E-state index contributed by atoms with van der Waals surface area (Å²) in [5, 5.41) is 9.86. The number of hydrogen-bond donors (Lipinski definition) is 0. The summed E-state index contributed by atoms with van der Waals surface area (Å²) >= 11 is 0. The second-order valence-corrected chi connectivity index (χ2v) is 8.57. The molecule has 0 radical (unpaired) electrons. The van der Waals surface area contributed by atoms with Gasteiger partial charge in [0.2, 0.25) is 0 Å². The van der Waals surface area contributed by atoms with E-state index in [2.05, 4.69) is 46.4 Å². The highest BCUT2D eigenvalue weighted by Gasteiger charge is 2.53. The van der Waals surface area contributed by atoms with Crippen molar-refractivity contribution in [1.82, 2.24) is 19.8 Å². The van der Waals surface area contributed by atoms with Gasteiger partial charge in [-0.05, 0) is 26.7 Å². The van der Waals surface area contributed by atoms with E-state index in [9.17, 15) is 0 Å². The molecule has 0 unspecified atom stereocenters. The van der Waals surface area contributed by atoms with Crippen LogP contribution in [0.15, 0.2) is 0 Å². The maximum atomic E-state index is 4.93. The molecule has 0 N–H and O–H groups in total. The molecule has 0 fully saturated rings. The van der Waals surface area contributed by atoms with Gasteiger partial charge in [0.1, 0.15) is 26.2 Å². The molecule has 0 saturated carbocycles. The van der Waals surface area contributed by atoms with E-state index >= 15 is 0 Å². The first kappa shape index (κ1) is 18.6.